The van der Waals surface area contributed by atoms with Gasteiger partial charge in [0.1, 0.15) is 0 Å². The molecule has 1 saturated heterocycles. The average molecular weight is 257 g/mol. The monoisotopic (exact) mass is 257 g/mol. The van der Waals surface area contributed by atoms with Crippen LogP contribution in [0.3, 0.4) is 0 Å². The van der Waals surface area contributed by atoms with Gasteiger partial charge in [0, 0.05) is 13.1 Å². The van der Waals surface area contributed by atoms with Crippen LogP contribution in [0.2, 0.25) is 0 Å². The molecule has 0 N–H and O–H groups in total. The summed E-state index contributed by atoms with van der Waals surface area (Å²) in [5, 5.41) is 1.28. The Labute approximate surface area is 110 Å². The molecule has 1 fully saturated rings. The van der Waals surface area contributed by atoms with Crippen molar-refractivity contribution >= 4 is 16.7 Å². The molecule has 4 nitrogen and oxygen atoms in total. The number of hydrogen-bond acceptors (Lipinski definition) is 3. The Morgan fingerprint density at radius 3 is 2.68 bits per heavy atom. The molecule has 4 heteroatoms. The molecule has 1 aliphatic heterocycles. The van der Waals surface area contributed by atoms with E-state index in [4.69, 9.17) is 4.42 Å². The summed E-state index contributed by atoms with van der Waals surface area (Å²) in [6, 6.07) is 7.22. The van der Waals surface area contributed by atoms with Crippen molar-refractivity contribution in [3.8, 4) is 0 Å². The Bertz CT molecular complexity index is 696. The zero-order chi connectivity index (χ0) is 13.4. The molecule has 0 unspecified atom stereocenters. The van der Waals surface area contributed by atoms with Crippen molar-refractivity contribution in [1.29, 1.82) is 0 Å². The van der Waals surface area contributed by atoms with E-state index in [9.17, 15) is 9.59 Å². The summed E-state index contributed by atoms with van der Waals surface area (Å²) in [4.78, 5) is 25.9. The molecule has 2 aromatic rings. The Morgan fingerprint density at radius 2 is 1.95 bits per heavy atom. The molecule has 3 rings (SSSR count). The molecule has 19 heavy (non-hydrogen) atoms. The third-order valence-electron chi connectivity index (χ3n) is 3.52. The third-order valence-corrected chi connectivity index (χ3v) is 3.52. The standard InChI is InChI=1S/C15H15NO3/c1-10-4-5-11-9-13(19-15(18)12(11)8-10)14(17)16-6-2-3-7-16/h4-5,8-9H,2-3,6-7H2,1H3. The van der Waals surface area contributed by atoms with Gasteiger partial charge in [0.2, 0.25) is 0 Å². The molecule has 0 atom stereocenters. The van der Waals surface area contributed by atoms with Gasteiger partial charge in [0.15, 0.2) is 5.76 Å². The number of hydrogen-bond donors (Lipinski definition) is 0. The average Bonchev–Trinajstić information content (AvgIpc) is 2.92. The zero-order valence-electron chi connectivity index (χ0n) is 10.8. The van der Waals surface area contributed by atoms with Gasteiger partial charge in [-0.2, -0.15) is 0 Å². The summed E-state index contributed by atoms with van der Waals surface area (Å²) >= 11 is 0. The number of nitrogens with zero attached hydrogens (tertiary/aromatic N) is 1. The molecule has 0 bridgehead atoms. The number of carbonyl (C=O) groups excluding carboxylic acids is 1. The van der Waals surface area contributed by atoms with Crippen LogP contribution >= 0.6 is 0 Å². The maximum absolute atomic E-state index is 12.2. The highest BCUT2D eigenvalue weighted by molar-refractivity contribution is 5.95. The molecule has 1 aromatic carbocycles. The van der Waals surface area contributed by atoms with Crippen LogP contribution < -0.4 is 5.63 Å². The van der Waals surface area contributed by atoms with Crippen molar-refractivity contribution in [2.24, 2.45) is 0 Å². The molecular formula is C15H15NO3. The van der Waals surface area contributed by atoms with Gasteiger partial charge in [-0.15, -0.1) is 0 Å². The fourth-order valence-corrected chi connectivity index (χ4v) is 2.48. The van der Waals surface area contributed by atoms with Gasteiger partial charge < -0.3 is 9.32 Å². The van der Waals surface area contributed by atoms with E-state index < -0.39 is 5.63 Å². The van der Waals surface area contributed by atoms with Gasteiger partial charge >= 0.3 is 5.63 Å². The maximum atomic E-state index is 12.2. The maximum Gasteiger partial charge on any atom is 0.344 e. The second-order valence-electron chi connectivity index (χ2n) is 4.99. The van der Waals surface area contributed by atoms with Crippen LogP contribution in [0.4, 0.5) is 0 Å². The minimum atomic E-state index is -0.441. The fraction of sp³-hybridized carbons (Fsp3) is 0.333. The minimum absolute atomic E-state index is 0.142. The van der Waals surface area contributed by atoms with Gasteiger partial charge in [-0.25, -0.2) is 4.79 Å². The van der Waals surface area contributed by atoms with Crippen molar-refractivity contribution in [3.05, 3.63) is 46.0 Å². The van der Waals surface area contributed by atoms with E-state index in [0.717, 1.165) is 36.9 Å². The van der Waals surface area contributed by atoms with Crippen LogP contribution in [-0.4, -0.2) is 23.9 Å². The van der Waals surface area contributed by atoms with E-state index in [1.807, 2.05) is 19.1 Å². The SMILES string of the molecule is Cc1ccc2cc(C(=O)N3CCCC3)oc(=O)c2c1. The number of fused-ring (bicyclic) bond motifs is 1. The van der Waals surface area contributed by atoms with Crippen LogP contribution in [0.1, 0.15) is 29.0 Å². The summed E-state index contributed by atoms with van der Waals surface area (Å²) in [5.74, 6) is -0.0414. The molecular weight excluding hydrogens is 242 g/mol. The predicted octanol–water partition coefficient (Wildman–Crippen LogP) is 2.34. The van der Waals surface area contributed by atoms with Gasteiger partial charge in [0.05, 0.1) is 5.39 Å². The Morgan fingerprint density at radius 1 is 1.21 bits per heavy atom. The number of rotatable bonds is 1. The Kier molecular flexibility index (Phi) is 2.85. The summed E-state index contributed by atoms with van der Waals surface area (Å²) in [6.45, 7) is 3.41. The predicted molar refractivity (Wildman–Crippen MR) is 72.4 cm³/mol. The lowest BCUT2D eigenvalue weighted by molar-refractivity contribution is 0.0757. The minimum Gasteiger partial charge on any atom is -0.417 e. The first kappa shape index (κ1) is 12.0. The van der Waals surface area contributed by atoms with Gasteiger partial charge in [-0.3, -0.25) is 4.79 Å². The molecule has 1 aromatic heterocycles. The molecule has 0 aliphatic carbocycles. The van der Waals surface area contributed by atoms with Gasteiger partial charge in [-0.05, 0) is 37.3 Å². The van der Waals surface area contributed by atoms with Crippen molar-refractivity contribution in [3.63, 3.8) is 0 Å². The Hall–Kier alpha value is -2.10. The van der Waals surface area contributed by atoms with Crippen molar-refractivity contribution in [2.45, 2.75) is 19.8 Å². The lowest BCUT2D eigenvalue weighted by Gasteiger charge is -2.14. The molecule has 2 heterocycles. The van der Waals surface area contributed by atoms with Crippen LogP contribution in [0, 0.1) is 6.92 Å². The summed E-state index contributed by atoms with van der Waals surface area (Å²) in [7, 11) is 0. The molecule has 1 amide bonds. The Balaban J connectivity index is 2.08. The summed E-state index contributed by atoms with van der Waals surface area (Å²) in [5.41, 5.74) is 0.558. The summed E-state index contributed by atoms with van der Waals surface area (Å²) in [6.07, 6.45) is 2.03. The highest BCUT2D eigenvalue weighted by Crippen LogP contribution is 2.17. The third kappa shape index (κ3) is 2.14. The molecule has 0 saturated carbocycles. The number of benzene rings is 1. The first-order chi connectivity index (χ1) is 9.15. The number of aryl methyl sites for hydroxylation is 1. The smallest absolute Gasteiger partial charge is 0.344 e. The number of likely N-dealkylation sites (tertiary alicyclic amines) is 1. The van der Waals surface area contributed by atoms with E-state index in [2.05, 4.69) is 0 Å². The van der Waals surface area contributed by atoms with E-state index >= 15 is 0 Å². The highest BCUT2D eigenvalue weighted by atomic mass is 16.4. The second kappa shape index (κ2) is 4.53. The van der Waals surface area contributed by atoms with Crippen molar-refractivity contribution in [1.82, 2.24) is 4.90 Å². The lowest BCUT2D eigenvalue weighted by Crippen LogP contribution is -2.28. The fourth-order valence-electron chi connectivity index (χ4n) is 2.48. The van der Waals surface area contributed by atoms with Crippen LogP contribution in [0.5, 0.6) is 0 Å². The zero-order valence-corrected chi connectivity index (χ0v) is 10.8. The quantitative estimate of drug-likeness (QED) is 0.788. The number of carbonyl (C=O) groups is 1. The van der Waals surface area contributed by atoms with E-state index in [1.54, 1.807) is 17.0 Å². The van der Waals surface area contributed by atoms with Crippen molar-refractivity contribution in [2.75, 3.05) is 13.1 Å². The molecule has 98 valence electrons. The topological polar surface area (TPSA) is 50.5 Å². The lowest BCUT2D eigenvalue weighted by atomic mass is 10.1. The van der Waals surface area contributed by atoms with Crippen molar-refractivity contribution < 1.29 is 9.21 Å². The molecule has 0 radical (unpaired) electrons. The number of amides is 1. The molecule has 1 aliphatic rings. The first-order valence-electron chi connectivity index (χ1n) is 6.49. The van der Waals surface area contributed by atoms with Gasteiger partial charge in [0.25, 0.3) is 5.91 Å². The van der Waals surface area contributed by atoms with E-state index in [1.165, 1.54) is 0 Å². The van der Waals surface area contributed by atoms with Crippen LogP contribution in [0.15, 0.2) is 33.5 Å². The molecule has 0 spiro atoms. The summed E-state index contributed by atoms with van der Waals surface area (Å²) < 4.78 is 5.17. The van der Waals surface area contributed by atoms with E-state index in [0.29, 0.717) is 5.39 Å². The van der Waals surface area contributed by atoms with E-state index in [-0.39, 0.29) is 11.7 Å². The largest absolute Gasteiger partial charge is 0.417 e. The van der Waals surface area contributed by atoms with Gasteiger partial charge in [-0.1, -0.05) is 17.7 Å². The second-order valence-corrected chi connectivity index (χ2v) is 4.99. The van der Waals surface area contributed by atoms with Crippen LogP contribution in [-0.2, 0) is 0 Å². The highest BCUT2D eigenvalue weighted by Gasteiger charge is 2.22. The first-order valence-corrected chi connectivity index (χ1v) is 6.49. The normalized spacial score (nSPS) is 15.1. The van der Waals surface area contributed by atoms with Crippen LogP contribution in [0.25, 0.3) is 10.8 Å².